The Balaban J connectivity index is 2.20. The first kappa shape index (κ1) is 15.6. The Morgan fingerprint density at radius 2 is 1.81 bits per heavy atom. The molecule has 0 unspecified atom stereocenters. The Kier molecular flexibility index (Phi) is 5.00. The van der Waals surface area contributed by atoms with E-state index in [1.807, 2.05) is 0 Å². The Labute approximate surface area is 126 Å². The fraction of sp³-hybridized carbons (Fsp3) is 0.538. The highest BCUT2D eigenvalue weighted by Gasteiger charge is 2.24. The molecule has 1 fully saturated rings. The van der Waals surface area contributed by atoms with Gasteiger partial charge in [-0.3, -0.25) is 20.2 Å². The highest BCUT2D eigenvalue weighted by Crippen LogP contribution is 2.38. The molecule has 7 nitrogen and oxygen atoms in total. The van der Waals surface area contributed by atoms with Crippen LogP contribution in [0.1, 0.15) is 32.1 Å². The van der Waals surface area contributed by atoms with Gasteiger partial charge in [0.05, 0.1) is 15.9 Å². The van der Waals surface area contributed by atoms with E-state index in [4.69, 9.17) is 0 Å². The van der Waals surface area contributed by atoms with E-state index < -0.39 is 9.85 Å². The number of non-ortho nitro benzene ring substituents is 1. The number of rotatable bonds is 5. The lowest BCUT2D eigenvalue weighted by Crippen LogP contribution is -2.18. The van der Waals surface area contributed by atoms with E-state index in [0.29, 0.717) is 10.9 Å². The zero-order valence-electron chi connectivity index (χ0n) is 11.7. The zero-order valence-corrected chi connectivity index (χ0v) is 12.5. The largest absolute Gasteiger partial charge is 0.313 e. The molecule has 1 aliphatic carbocycles. The van der Waals surface area contributed by atoms with Gasteiger partial charge in [0, 0.05) is 18.4 Å². The van der Waals surface area contributed by atoms with E-state index in [1.165, 1.54) is 31.4 Å². The van der Waals surface area contributed by atoms with Crippen LogP contribution < -0.4 is 4.31 Å². The average Bonchev–Trinajstić information content (AvgIpc) is 2.47. The van der Waals surface area contributed by atoms with Crippen LogP contribution in [0.25, 0.3) is 0 Å². The van der Waals surface area contributed by atoms with Gasteiger partial charge in [-0.05, 0) is 30.9 Å². The second kappa shape index (κ2) is 6.75. The van der Waals surface area contributed by atoms with Gasteiger partial charge in [-0.15, -0.1) is 0 Å². The predicted molar refractivity (Wildman–Crippen MR) is 82.6 cm³/mol. The molecule has 8 heteroatoms. The fourth-order valence-corrected chi connectivity index (χ4v) is 3.75. The number of hydrogen-bond acceptors (Lipinski definition) is 6. The quantitative estimate of drug-likeness (QED) is 0.465. The minimum Gasteiger partial charge on any atom is -0.313 e. The summed E-state index contributed by atoms with van der Waals surface area (Å²) >= 11 is 1.58. The lowest BCUT2D eigenvalue weighted by Gasteiger charge is -2.26. The average molecular weight is 311 g/mol. The minimum atomic E-state index is -0.620. The summed E-state index contributed by atoms with van der Waals surface area (Å²) in [6.45, 7) is 0. The number of benzene rings is 1. The van der Waals surface area contributed by atoms with Crippen LogP contribution in [-0.2, 0) is 0 Å². The van der Waals surface area contributed by atoms with Gasteiger partial charge in [0.15, 0.2) is 0 Å². The molecule has 0 amide bonds. The van der Waals surface area contributed by atoms with E-state index in [2.05, 4.69) is 0 Å². The Morgan fingerprint density at radius 1 is 1.14 bits per heavy atom. The van der Waals surface area contributed by atoms with E-state index in [0.717, 1.165) is 18.9 Å². The van der Waals surface area contributed by atoms with Crippen LogP contribution in [0.15, 0.2) is 18.2 Å². The van der Waals surface area contributed by atoms with Crippen molar-refractivity contribution in [1.29, 1.82) is 0 Å². The smallest absolute Gasteiger partial charge is 0.300 e. The van der Waals surface area contributed by atoms with Crippen LogP contribution in [0.4, 0.5) is 17.1 Å². The summed E-state index contributed by atoms with van der Waals surface area (Å²) in [5.74, 6) is 0. The number of anilines is 1. The molecular formula is C13H17N3O4S. The lowest BCUT2D eigenvalue weighted by molar-refractivity contribution is -0.393. The summed E-state index contributed by atoms with van der Waals surface area (Å²) in [6, 6.07) is 3.78. The molecule has 21 heavy (non-hydrogen) atoms. The first-order chi connectivity index (χ1) is 9.99. The van der Waals surface area contributed by atoms with E-state index >= 15 is 0 Å². The third-order valence-electron chi connectivity index (χ3n) is 3.57. The summed E-state index contributed by atoms with van der Waals surface area (Å²) in [6.07, 6.45) is 5.84. The van der Waals surface area contributed by atoms with Gasteiger partial charge in [-0.2, -0.15) is 0 Å². The van der Waals surface area contributed by atoms with Gasteiger partial charge in [0.1, 0.15) is 5.69 Å². The fourth-order valence-electron chi connectivity index (χ4n) is 2.49. The predicted octanol–water partition coefficient (Wildman–Crippen LogP) is 3.92. The molecule has 0 aliphatic heterocycles. The Morgan fingerprint density at radius 3 is 2.38 bits per heavy atom. The molecule has 0 radical (unpaired) electrons. The minimum absolute atomic E-state index is 0.227. The highest BCUT2D eigenvalue weighted by molar-refractivity contribution is 8.01. The maximum absolute atomic E-state index is 11.1. The Hall–Kier alpha value is -1.83. The maximum Gasteiger partial charge on any atom is 0.300 e. The molecule has 0 bridgehead atoms. The number of hydrogen-bond donors (Lipinski definition) is 0. The van der Waals surface area contributed by atoms with E-state index in [-0.39, 0.29) is 11.4 Å². The van der Waals surface area contributed by atoms with Crippen molar-refractivity contribution in [3.8, 4) is 0 Å². The van der Waals surface area contributed by atoms with Crippen molar-refractivity contribution in [1.82, 2.24) is 0 Å². The highest BCUT2D eigenvalue weighted by atomic mass is 32.2. The Bertz CT molecular complexity index is 546. The molecule has 0 N–H and O–H groups in total. The van der Waals surface area contributed by atoms with Gasteiger partial charge in [-0.1, -0.05) is 19.3 Å². The third kappa shape index (κ3) is 3.84. The molecule has 2 rings (SSSR count). The monoisotopic (exact) mass is 311 g/mol. The van der Waals surface area contributed by atoms with Crippen LogP contribution in [0.3, 0.4) is 0 Å². The molecule has 0 aromatic heterocycles. The normalized spacial score (nSPS) is 15.7. The second-order valence-corrected chi connectivity index (χ2v) is 6.48. The van der Waals surface area contributed by atoms with Crippen LogP contribution >= 0.6 is 11.9 Å². The van der Waals surface area contributed by atoms with Gasteiger partial charge >= 0.3 is 0 Å². The van der Waals surface area contributed by atoms with Crippen molar-refractivity contribution in [2.75, 3.05) is 11.4 Å². The van der Waals surface area contributed by atoms with Crippen LogP contribution in [-0.4, -0.2) is 22.1 Å². The second-order valence-electron chi connectivity index (χ2n) is 5.05. The SMILES string of the molecule is CN(SC1CCCCC1)c1ccc([N+](=O)[O-])cc1[N+](=O)[O-]. The first-order valence-electron chi connectivity index (χ1n) is 6.82. The molecule has 0 spiro atoms. The molecule has 1 aromatic carbocycles. The van der Waals surface area contributed by atoms with E-state index in [1.54, 1.807) is 23.3 Å². The number of nitro benzene ring substituents is 2. The van der Waals surface area contributed by atoms with E-state index in [9.17, 15) is 20.2 Å². The van der Waals surface area contributed by atoms with Gasteiger partial charge in [0.2, 0.25) is 0 Å². The maximum atomic E-state index is 11.1. The van der Waals surface area contributed by atoms with Gasteiger partial charge < -0.3 is 4.31 Å². The summed E-state index contributed by atoms with van der Waals surface area (Å²) in [7, 11) is 1.77. The molecule has 0 saturated heterocycles. The summed E-state index contributed by atoms with van der Waals surface area (Å²) in [4.78, 5) is 20.7. The molecule has 1 saturated carbocycles. The van der Waals surface area contributed by atoms with Crippen molar-refractivity contribution in [2.45, 2.75) is 37.4 Å². The lowest BCUT2D eigenvalue weighted by atomic mass is 10.0. The first-order valence-corrected chi connectivity index (χ1v) is 7.66. The van der Waals surface area contributed by atoms with Crippen LogP contribution in [0, 0.1) is 20.2 Å². The molecule has 0 atom stereocenters. The van der Waals surface area contributed by atoms with Gasteiger partial charge in [-0.25, -0.2) is 0 Å². The van der Waals surface area contributed by atoms with Crippen LogP contribution in [0.2, 0.25) is 0 Å². The molecule has 114 valence electrons. The molecule has 1 aromatic rings. The molecular weight excluding hydrogens is 294 g/mol. The standard InChI is InChI=1S/C13H17N3O4S/c1-14(21-11-5-3-2-4-6-11)12-8-7-10(15(17)18)9-13(12)16(19)20/h7-9,11H,2-6H2,1H3. The topological polar surface area (TPSA) is 89.5 Å². The van der Waals surface area contributed by atoms with Crippen molar-refractivity contribution in [3.05, 3.63) is 38.4 Å². The summed E-state index contributed by atoms with van der Waals surface area (Å²) < 4.78 is 1.76. The van der Waals surface area contributed by atoms with Crippen molar-refractivity contribution < 1.29 is 9.85 Å². The molecule has 0 heterocycles. The van der Waals surface area contributed by atoms with Crippen molar-refractivity contribution in [3.63, 3.8) is 0 Å². The number of nitro groups is 2. The summed E-state index contributed by atoms with van der Waals surface area (Å²) in [5, 5.41) is 22.3. The van der Waals surface area contributed by atoms with Crippen molar-refractivity contribution >= 4 is 29.0 Å². The molecule has 1 aliphatic rings. The van der Waals surface area contributed by atoms with Crippen LogP contribution in [0.5, 0.6) is 0 Å². The van der Waals surface area contributed by atoms with Crippen molar-refractivity contribution in [2.24, 2.45) is 0 Å². The van der Waals surface area contributed by atoms with Gasteiger partial charge in [0.25, 0.3) is 11.4 Å². The zero-order chi connectivity index (χ0) is 15.4. The third-order valence-corrected chi connectivity index (χ3v) is 4.85. The summed E-state index contributed by atoms with van der Waals surface area (Å²) in [5.41, 5.74) is -0.0855. The number of nitrogens with zero attached hydrogens (tertiary/aromatic N) is 3.